The smallest absolute Gasteiger partial charge is 0.266 e. The van der Waals surface area contributed by atoms with Gasteiger partial charge in [-0.15, -0.1) is 0 Å². The maximum atomic E-state index is 12.7. The monoisotopic (exact) mass is 454 g/mol. The number of carbonyl (C=O) groups excluding carboxylic acids is 2. The van der Waals surface area contributed by atoms with Crippen molar-refractivity contribution in [2.75, 3.05) is 10.6 Å². The maximum Gasteiger partial charge on any atom is 0.266 e. The Morgan fingerprint density at radius 2 is 1.64 bits per heavy atom. The van der Waals surface area contributed by atoms with E-state index in [1.807, 2.05) is 60.7 Å². The van der Waals surface area contributed by atoms with Crippen molar-refractivity contribution in [3.63, 3.8) is 0 Å². The molecule has 4 rings (SSSR count). The number of fused-ring (bicyclic) bond motifs is 1. The molecule has 0 saturated carbocycles. The summed E-state index contributed by atoms with van der Waals surface area (Å²) in [6.45, 7) is 0.0803. The summed E-state index contributed by atoms with van der Waals surface area (Å²) < 4.78 is 1.79. The van der Waals surface area contributed by atoms with Gasteiger partial charge in [-0.1, -0.05) is 60.1 Å². The molecule has 33 heavy (non-hydrogen) atoms. The average molecular weight is 455 g/mol. The van der Waals surface area contributed by atoms with E-state index in [0.29, 0.717) is 22.0 Å². The van der Waals surface area contributed by atoms with E-state index in [-0.39, 0.29) is 18.0 Å². The Balaban J connectivity index is 1.61. The number of benzene rings is 3. The molecular weight excluding hydrogens is 436 g/mol. The minimum atomic E-state index is -0.566. The summed E-state index contributed by atoms with van der Waals surface area (Å²) in [5, 5.41) is 16.3. The van der Waals surface area contributed by atoms with Crippen molar-refractivity contribution in [1.29, 1.82) is 5.26 Å². The van der Waals surface area contributed by atoms with Crippen LogP contribution in [0.5, 0.6) is 0 Å². The third kappa shape index (κ3) is 5.12. The molecule has 0 radical (unpaired) electrons. The molecule has 1 heterocycles. The van der Waals surface area contributed by atoms with Gasteiger partial charge in [-0.2, -0.15) is 5.26 Å². The Bertz CT molecular complexity index is 1400. The van der Waals surface area contributed by atoms with Crippen LogP contribution in [0, 0.1) is 11.3 Å². The minimum absolute atomic E-state index is 0.0773. The number of anilines is 2. The van der Waals surface area contributed by atoms with Crippen LogP contribution in [-0.2, 0) is 16.1 Å². The van der Waals surface area contributed by atoms with Gasteiger partial charge in [0.15, 0.2) is 0 Å². The molecule has 6 nitrogen and oxygen atoms in total. The van der Waals surface area contributed by atoms with Crippen LogP contribution in [0.15, 0.2) is 90.6 Å². The summed E-state index contributed by atoms with van der Waals surface area (Å²) in [7, 11) is 0. The molecule has 162 valence electrons. The largest absolute Gasteiger partial charge is 0.337 e. The summed E-state index contributed by atoms with van der Waals surface area (Å²) >= 11 is 6.11. The lowest BCUT2D eigenvalue weighted by Gasteiger charge is -2.07. The van der Waals surface area contributed by atoms with Gasteiger partial charge in [0.1, 0.15) is 18.2 Å². The second kappa shape index (κ2) is 9.86. The maximum absolute atomic E-state index is 12.7. The average Bonchev–Trinajstić information content (AvgIpc) is 3.16. The molecule has 0 unspecified atom stereocenters. The number of nitrogens with one attached hydrogen (secondary N) is 2. The van der Waals surface area contributed by atoms with E-state index in [4.69, 9.17) is 11.6 Å². The fraction of sp³-hybridized carbons (Fsp3) is 0.0385. The van der Waals surface area contributed by atoms with E-state index in [2.05, 4.69) is 10.6 Å². The van der Waals surface area contributed by atoms with Crippen LogP contribution in [0.1, 0.15) is 5.56 Å². The quantitative estimate of drug-likeness (QED) is 0.299. The molecule has 0 aliphatic carbocycles. The number of hydrogen-bond donors (Lipinski definition) is 2. The van der Waals surface area contributed by atoms with Gasteiger partial charge in [0, 0.05) is 28.4 Å². The normalized spacial score (nSPS) is 11.1. The molecule has 0 saturated heterocycles. The van der Waals surface area contributed by atoms with Crippen LogP contribution in [0.4, 0.5) is 11.4 Å². The van der Waals surface area contributed by atoms with E-state index in [1.165, 1.54) is 6.08 Å². The van der Waals surface area contributed by atoms with Gasteiger partial charge in [-0.05, 0) is 36.4 Å². The highest BCUT2D eigenvalue weighted by Crippen LogP contribution is 2.25. The first-order valence-electron chi connectivity index (χ1n) is 10.2. The topological polar surface area (TPSA) is 86.9 Å². The lowest BCUT2D eigenvalue weighted by atomic mass is 10.1. The summed E-state index contributed by atoms with van der Waals surface area (Å²) in [6, 6.07) is 25.5. The second-order valence-corrected chi connectivity index (χ2v) is 7.65. The summed E-state index contributed by atoms with van der Waals surface area (Å²) in [5.41, 5.74) is 2.53. The molecule has 0 bridgehead atoms. The van der Waals surface area contributed by atoms with Crippen molar-refractivity contribution in [2.45, 2.75) is 6.54 Å². The van der Waals surface area contributed by atoms with E-state index >= 15 is 0 Å². The number of halogens is 1. The van der Waals surface area contributed by atoms with E-state index in [9.17, 15) is 14.9 Å². The number of nitrogens with zero attached hydrogens (tertiary/aromatic N) is 2. The number of amides is 2. The van der Waals surface area contributed by atoms with Crippen LogP contribution < -0.4 is 10.6 Å². The SMILES string of the molecule is N#CC(=Cc1cn(CC(=O)Nc2ccccc2)c2ccccc12)C(=O)Nc1ccccc1Cl. The zero-order valence-corrected chi connectivity index (χ0v) is 18.2. The molecule has 3 aromatic carbocycles. The molecule has 0 atom stereocenters. The van der Waals surface area contributed by atoms with Crippen molar-refractivity contribution in [1.82, 2.24) is 4.57 Å². The molecule has 0 spiro atoms. The highest BCUT2D eigenvalue weighted by atomic mass is 35.5. The van der Waals surface area contributed by atoms with Crippen molar-refractivity contribution < 1.29 is 9.59 Å². The Hall–Kier alpha value is -4.34. The van der Waals surface area contributed by atoms with E-state index in [1.54, 1.807) is 35.0 Å². The number of aromatic nitrogens is 1. The molecule has 0 aliphatic rings. The predicted octanol–water partition coefficient (Wildman–Crippen LogP) is 5.48. The first-order valence-corrected chi connectivity index (χ1v) is 10.5. The van der Waals surface area contributed by atoms with Crippen molar-refractivity contribution in [2.24, 2.45) is 0 Å². The van der Waals surface area contributed by atoms with Crippen LogP contribution in [0.2, 0.25) is 5.02 Å². The summed E-state index contributed by atoms with van der Waals surface area (Å²) in [6.07, 6.45) is 3.27. The van der Waals surface area contributed by atoms with Gasteiger partial charge in [0.05, 0.1) is 10.7 Å². The second-order valence-electron chi connectivity index (χ2n) is 7.25. The fourth-order valence-electron chi connectivity index (χ4n) is 3.45. The Kier molecular flexibility index (Phi) is 6.53. The zero-order chi connectivity index (χ0) is 23.2. The minimum Gasteiger partial charge on any atom is -0.337 e. The number of rotatable bonds is 6. The molecular formula is C26H19ClN4O2. The van der Waals surface area contributed by atoms with Gasteiger partial charge in [0.25, 0.3) is 5.91 Å². The molecule has 4 aromatic rings. The highest BCUT2D eigenvalue weighted by Gasteiger charge is 2.15. The van der Waals surface area contributed by atoms with Crippen molar-refractivity contribution >= 4 is 51.8 Å². The Morgan fingerprint density at radius 1 is 0.939 bits per heavy atom. The van der Waals surface area contributed by atoms with Crippen LogP contribution in [0.3, 0.4) is 0 Å². The first kappa shape index (κ1) is 21.9. The van der Waals surface area contributed by atoms with Crippen LogP contribution in [0.25, 0.3) is 17.0 Å². The number of nitriles is 1. The predicted molar refractivity (Wildman–Crippen MR) is 131 cm³/mol. The lowest BCUT2D eigenvalue weighted by Crippen LogP contribution is -2.18. The van der Waals surface area contributed by atoms with Gasteiger partial charge in [-0.3, -0.25) is 9.59 Å². The number of hydrogen-bond acceptors (Lipinski definition) is 3. The molecule has 0 fully saturated rings. The third-order valence-corrected chi connectivity index (χ3v) is 5.31. The van der Waals surface area contributed by atoms with Gasteiger partial charge in [-0.25, -0.2) is 0 Å². The van der Waals surface area contributed by atoms with Gasteiger partial charge >= 0.3 is 0 Å². The van der Waals surface area contributed by atoms with Crippen molar-refractivity contribution in [3.05, 3.63) is 101 Å². The number of para-hydroxylation sites is 3. The van der Waals surface area contributed by atoms with Crippen molar-refractivity contribution in [3.8, 4) is 6.07 Å². The molecule has 2 N–H and O–H groups in total. The van der Waals surface area contributed by atoms with E-state index in [0.717, 1.165) is 10.9 Å². The van der Waals surface area contributed by atoms with Gasteiger partial charge < -0.3 is 15.2 Å². The van der Waals surface area contributed by atoms with Crippen LogP contribution in [-0.4, -0.2) is 16.4 Å². The van der Waals surface area contributed by atoms with Crippen LogP contribution >= 0.6 is 11.6 Å². The fourth-order valence-corrected chi connectivity index (χ4v) is 3.64. The zero-order valence-electron chi connectivity index (χ0n) is 17.5. The molecule has 2 amide bonds. The van der Waals surface area contributed by atoms with E-state index < -0.39 is 5.91 Å². The Morgan fingerprint density at radius 3 is 2.39 bits per heavy atom. The third-order valence-electron chi connectivity index (χ3n) is 4.98. The molecule has 1 aromatic heterocycles. The first-order chi connectivity index (χ1) is 16.0. The Labute approximate surface area is 195 Å². The summed E-state index contributed by atoms with van der Waals surface area (Å²) in [5.74, 6) is -0.751. The molecule has 0 aliphatic heterocycles. The van der Waals surface area contributed by atoms with Gasteiger partial charge in [0.2, 0.25) is 5.91 Å². The highest BCUT2D eigenvalue weighted by molar-refractivity contribution is 6.34. The molecule has 7 heteroatoms. The number of carbonyl (C=O) groups is 2. The standard InChI is InChI=1S/C26H19ClN4O2/c27-22-11-5-6-12-23(22)30-26(33)18(15-28)14-19-16-31(24-13-7-4-10-21(19)24)17-25(32)29-20-8-2-1-3-9-20/h1-14,16H,17H2,(H,29,32)(H,30,33). The lowest BCUT2D eigenvalue weighted by molar-refractivity contribution is -0.116. The summed E-state index contributed by atoms with van der Waals surface area (Å²) in [4.78, 5) is 25.3.